The number of benzene rings is 4. The van der Waals surface area contributed by atoms with Gasteiger partial charge in [0.2, 0.25) is 0 Å². The van der Waals surface area contributed by atoms with E-state index in [1.54, 1.807) is 32.0 Å². The number of hydrogen-bond acceptors (Lipinski definition) is 4. The molecule has 0 fully saturated rings. The molecule has 4 rings (SSSR count). The summed E-state index contributed by atoms with van der Waals surface area (Å²) < 4.78 is 10.7. The quantitative estimate of drug-likeness (QED) is 0.287. The van der Waals surface area contributed by atoms with Crippen molar-refractivity contribution in [2.24, 2.45) is 0 Å². The van der Waals surface area contributed by atoms with Crippen molar-refractivity contribution in [1.82, 2.24) is 0 Å². The molecule has 0 aromatic heterocycles. The monoisotopic (exact) mass is 458 g/mol. The Balaban J connectivity index is 2.07. The molecule has 0 aliphatic carbocycles. The number of halogens is 1. The lowest BCUT2D eigenvalue weighted by atomic mass is 9.88. The van der Waals surface area contributed by atoms with E-state index in [1.165, 1.54) is 0 Å². The maximum Gasteiger partial charge on any atom is 0.338 e. The standard InChI is InChI=1S/C28H23ClO4/c1-3-32-27(30)24-17-23(21-13-7-8-15-26(21)29)25(28(31)33-4-2)16-22(24)20-14-9-11-18-10-5-6-12-19(18)20/h5-17H,3-4H2,1-2H3. The van der Waals surface area contributed by atoms with Gasteiger partial charge in [0.05, 0.1) is 24.3 Å². The van der Waals surface area contributed by atoms with Crippen molar-refractivity contribution in [2.45, 2.75) is 13.8 Å². The van der Waals surface area contributed by atoms with Crippen LogP contribution in [0, 0.1) is 0 Å². The molecule has 166 valence electrons. The Labute approximate surface area is 197 Å². The van der Waals surface area contributed by atoms with Crippen LogP contribution in [0.4, 0.5) is 0 Å². The minimum Gasteiger partial charge on any atom is -0.462 e. The molecule has 4 nitrogen and oxygen atoms in total. The Kier molecular flexibility index (Phi) is 6.76. The zero-order chi connectivity index (χ0) is 23.4. The summed E-state index contributed by atoms with van der Waals surface area (Å²) in [4.78, 5) is 26.1. The van der Waals surface area contributed by atoms with E-state index in [9.17, 15) is 9.59 Å². The molecule has 5 heteroatoms. The van der Waals surface area contributed by atoms with Gasteiger partial charge < -0.3 is 9.47 Å². The molecule has 0 aliphatic rings. The second-order valence-corrected chi connectivity index (χ2v) is 7.80. The zero-order valence-corrected chi connectivity index (χ0v) is 19.2. The summed E-state index contributed by atoms with van der Waals surface area (Å²) >= 11 is 6.47. The highest BCUT2D eigenvalue weighted by Crippen LogP contribution is 2.38. The highest BCUT2D eigenvalue weighted by molar-refractivity contribution is 6.33. The largest absolute Gasteiger partial charge is 0.462 e. The van der Waals surface area contributed by atoms with Crippen molar-refractivity contribution < 1.29 is 19.1 Å². The predicted molar refractivity (Wildman–Crippen MR) is 132 cm³/mol. The maximum absolute atomic E-state index is 13.1. The molecule has 0 radical (unpaired) electrons. The first-order valence-electron chi connectivity index (χ1n) is 10.8. The first-order valence-corrected chi connectivity index (χ1v) is 11.2. The van der Waals surface area contributed by atoms with Crippen molar-refractivity contribution >= 4 is 34.3 Å². The zero-order valence-electron chi connectivity index (χ0n) is 18.4. The third-order valence-electron chi connectivity index (χ3n) is 5.39. The molecule has 0 unspecified atom stereocenters. The number of fused-ring (bicyclic) bond motifs is 1. The van der Waals surface area contributed by atoms with E-state index >= 15 is 0 Å². The average Bonchev–Trinajstić information content (AvgIpc) is 2.83. The number of carbonyl (C=O) groups is 2. The summed E-state index contributed by atoms with van der Waals surface area (Å²) in [7, 11) is 0. The summed E-state index contributed by atoms with van der Waals surface area (Å²) in [6.07, 6.45) is 0. The molecule has 0 saturated carbocycles. The second-order valence-electron chi connectivity index (χ2n) is 7.39. The van der Waals surface area contributed by atoms with E-state index in [-0.39, 0.29) is 13.2 Å². The van der Waals surface area contributed by atoms with Gasteiger partial charge in [-0.2, -0.15) is 0 Å². The summed E-state index contributed by atoms with van der Waals surface area (Å²) in [5, 5.41) is 2.46. The Morgan fingerprint density at radius 1 is 0.667 bits per heavy atom. The van der Waals surface area contributed by atoms with Crippen LogP contribution in [0.3, 0.4) is 0 Å². The van der Waals surface area contributed by atoms with Crippen LogP contribution >= 0.6 is 11.6 Å². The first kappa shape index (κ1) is 22.6. The van der Waals surface area contributed by atoms with Gasteiger partial charge in [-0.25, -0.2) is 9.59 Å². The molecule has 0 spiro atoms. The molecule has 33 heavy (non-hydrogen) atoms. The molecule has 0 heterocycles. The topological polar surface area (TPSA) is 52.6 Å². The number of esters is 2. The minimum absolute atomic E-state index is 0.226. The van der Waals surface area contributed by atoms with E-state index < -0.39 is 11.9 Å². The molecule has 4 aromatic carbocycles. The van der Waals surface area contributed by atoms with Crippen LogP contribution < -0.4 is 0 Å². The van der Waals surface area contributed by atoms with Crippen LogP contribution in [0.15, 0.2) is 78.9 Å². The molecule has 0 N–H and O–H groups in total. The predicted octanol–water partition coefficient (Wildman–Crippen LogP) is 7.18. The van der Waals surface area contributed by atoms with Gasteiger partial charge >= 0.3 is 11.9 Å². The number of hydrogen-bond donors (Lipinski definition) is 0. The third kappa shape index (κ3) is 4.48. The second kappa shape index (κ2) is 9.88. The van der Waals surface area contributed by atoms with Gasteiger partial charge in [-0.15, -0.1) is 0 Å². The fraction of sp³-hybridized carbons (Fsp3) is 0.143. The molecule has 0 aliphatic heterocycles. The van der Waals surface area contributed by atoms with Gasteiger partial charge in [0.25, 0.3) is 0 Å². The van der Waals surface area contributed by atoms with E-state index in [0.717, 1.165) is 16.3 Å². The van der Waals surface area contributed by atoms with Gasteiger partial charge in [-0.1, -0.05) is 72.3 Å². The molecule has 4 aromatic rings. The normalized spacial score (nSPS) is 10.8. The summed E-state index contributed by atoms with van der Waals surface area (Å²) in [5.74, 6) is -0.950. The van der Waals surface area contributed by atoms with Crippen LogP contribution in [0.2, 0.25) is 5.02 Å². The molecule has 0 amide bonds. The van der Waals surface area contributed by atoms with E-state index in [0.29, 0.717) is 32.8 Å². The first-order chi connectivity index (χ1) is 16.0. The summed E-state index contributed by atoms with van der Waals surface area (Å²) in [6, 6.07) is 24.4. The maximum atomic E-state index is 13.1. The minimum atomic E-state index is -0.482. The lowest BCUT2D eigenvalue weighted by Crippen LogP contribution is -2.12. The lowest BCUT2D eigenvalue weighted by Gasteiger charge is -2.17. The van der Waals surface area contributed by atoms with Crippen LogP contribution in [0.1, 0.15) is 34.6 Å². The summed E-state index contributed by atoms with van der Waals surface area (Å²) in [6.45, 7) is 3.97. The van der Waals surface area contributed by atoms with Crippen LogP contribution in [-0.4, -0.2) is 25.2 Å². The number of carbonyl (C=O) groups excluding carboxylic acids is 2. The van der Waals surface area contributed by atoms with Crippen molar-refractivity contribution in [3.05, 3.63) is 95.0 Å². The van der Waals surface area contributed by atoms with Crippen molar-refractivity contribution in [3.63, 3.8) is 0 Å². The fourth-order valence-electron chi connectivity index (χ4n) is 3.94. The lowest BCUT2D eigenvalue weighted by molar-refractivity contribution is 0.0513. The molecular formula is C28H23ClO4. The van der Waals surface area contributed by atoms with Gasteiger partial charge in [0.1, 0.15) is 0 Å². The van der Waals surface area contributed by atoms with E-state index in [4.69, 9.17) is 21.1 Å². The molecule has 0 atom stereocenters. The van der Waals surface area contributed by atoms with Crippen LogP contribution in [-0.2, 0) is 9.47 Å². The Morgan fingerprint density at radius 3 is 1.82 bits per heavy atom. The molecular weight excluding hydrogens is 436 g/mol. The fourth-order valence-corrected chi connectivity index (χ4v) is 4.18. The molecule has 0 saturated heterocycles. The Bertz CT molecular complexity index is 1340. The average molecular weight is 459 g/mol. The number of rotatable bonds is 6. The van der Waals surface area contributed by atoms with E-state index in [2.05, 4.69) is 0 Å². The smallest absolute Gasteiger partial charge is 0.338 e. The Morgan fingerprint density at radius 2 is 1.18 bits per heavy atom. The van der Waals surface area contributed by atoms with Crippen molar-refractivity contribution in [3.8, 4) is 22.3 Å². The van der Waals surface area contributed by atoms with Crippen molar-refractivity contribution in [2.75, 3.05) is 13.2 Å². The van der Waals surface area contributed by atoms with Gasteiger partial charge in [0, 0.05) is 10.6 Å². The van der Waals surface area contributed by atoms with Gasteiger partial charge in [0.15, 0.2) is 0 Å². The number of ether oxygens (including phenoxy) is 2. The molecule has 0 bridgehead atoms. The highest BCUT2D eigenvalue weighted by atomic mass is 35.5. The SMILES string of the molecule is CCOC(=O)c1cc(-c2cccc3ccccc23)c(C(=O)OCC)cc1-c1ccccc1Cl. The van der Waals surface area contributed by atoms with Gasteiger partial charge in [-0.3, -0.25) is 0 Å². The summed E-state index contributed by atoms with van der Waals surface area (Å²) in [5.41, 5.74) is 3.27. The third-order valence-corrected chi connectivity index (χ3v) is 5.72. The highest BCUT2D eigenvalue weighted by Gasteiger charge is 2.24. The van der Waals surface area contributed by atoms with Crippen LogP contribution in [0.5, 0.6) is 0 Å². The van der Waals surface area contributed by atoms with Gasteiger partial charge in [-0.05, 0) is 59.5 Å². The van der Waals surface area contributed by atoms with Crippen molar-refractivity contribution in [1.29, 1.82) is 0 Å². The van der Waals surface area contributed by atoms with E-state index in [1.807, 2.05) is 60.7 Å². The van der Waals surface area contributed by atoms with Crippen LogP contribution in [0.25, 0.3) is 33.0 Å². The Hall–Kier alpha value is -3.63.